The third-order valence-electron chi connectivity index (χ3n) is 2.38. The number of phenols is 2. The first kappa shape index (κ1) is 11.5. The van der Waals surface area contributed by atoms with Crippen molar-refractivity contribution in [3.05, 3.63) is 58.6 Å². The van der Waals surface area contributed by atoms with Crippen LogP contribution in [0.15, 0.2) is 42.5 Å². The van der Waals surface area contributed by atoms with Crippen molar-refractivity contribution < 1.29 is 15.0 Å². The molecule has 4 heteroatoms. The number of carbonyl (C=O) groups excluding carboxylic acids is 1. The number of halogens is 1. The first-order valence-corrected chi connectivity index (χ1v) is 5.29. The van der Waals surface area contributed by atoms with Gasteiger partial charge in [-0.15, -0.1) is 0 Å². The molecule has 0 aliphatic heterocycles. The predicted octanol–water partition coefficient (Wildman–Crippen LogP) is 2.98. The van der Waals surface area contributed by atoms with Crippen LogP contribution in [0.4, 0.5) is 0 Å². The molecule has 0 bridgehead atoms. The Labute approximate surface area is 103 Å². The van der Waals surface area contributed by atoms with Crippen molar-refractivity contribution in [3.63, 3.8) is 0 Å². The maximum Gasteiger partial charge on any atom is 0.196 e. The van der Waals surface area contributed by atoms with Crippen LogP contribution in [0.1, 0.15) is 15.9 Å². The average Bonchev–Trinajstić information content (AvgIpc) is 2.36. The average molecular weight is 249 g/mol. The molecule has 2 rings (SSSR count). The molecule has 0 heterocycles. The zero-order valence-electron chi connectivity index (χ0n) is 8.72. The van der Waals surface area contributed by atoms with Gasteiger partial charge in [0.1, 0.15) is 0 Å². The molecule has 0 aliphatic rings. The number of hydrogen-bond donors (Lipinski definition) is 2. The van der Waals surface area contributed by atoms with Crippen LogP contribution in [0.5, 0.6) is 11.5 Å². The summed E-state index contributed by atoms with van der Waals surface area (Å²) in [6.07, 6.45) is 0. The van der Waals surface area contributed by atoms with E-state index in [1.807, 2.05) is 0 Å². The highest BCUT2D eigenvalue weighted by molar-refractivity contribution is 6.32. The smallest absolute Gasteiger partial charge is 0.196 e. The van der Waals surface area contributed by atoms with Gasteiger partial charge in [0.05, 0.1) is 10.6 Å². The number of ketones is 1. The minimum atomic E-state index is -0.494. The molecule has 0 radical (unpaired) electrons. The molecular weight excluding hydrogens is 240 g/mol. The Kier molecular flexibility index (Phi) is 3.02. The number of hydrogen-bond acceptors (Lipinski definition) is 3. The minimum Gasteiger partial charge on any atom is -0.504 e. The lowest BCUT2D eigenvalue weighted by Gasteiger charge is -2.06. The highest BCUT2D eigenvalue weighted by Crippen LogP contribution is 2.36. The maximum absolute atomic E-state index is 12.0. The van der Waals surface area contributed by atoms with Crippen molar-refractivity contribution in [3.8, 4) is 11.5 Å². The Hall–Kier alpha value is -2.00. The van der Waals surface area contributed by atoms with Gasteiger partial charge < -0.3 is 10.2 Å². The fraction of sp³-hybridized carbons (Fsp3) is 0. The molecule has 2 N–H and O–H groups in total. The van der Waals surface area contributed by atoms with Crippen molar-refractivity contribution in [2.45, 2.75) is 0 Å². The summed E-state index contributed by atoms with van der Waals surface area (Å²) in [5, 5.41) is 19.1. The first-order chi connectivity index (χ1) is 8.11. The molecule has 0 saturated carbocycles. The van der Waals surface area contributed by atoms with Gasteiger partial charge in [-0.2, -0.15) is 0 Å². The summed E-state index contributed by atoms with van der Waals surface area (Å²) in [5.41, 5.74) is 0.461. The molecule has 0 spiro atoms. The standard InChI is InChI=1S/C13H9ClO3/c14-10-7-6-9(12(16)13(10)17)11(15)8-4-2-1-3-5-8/h1-7,16-17H. The Balaban J connectivity index is 2.49. The van der Waals surface area contributed by atoms with Crippen molar-refractivity contribution in [2.75, 3.05) is 0 Å². The van der Waals surface area contributed by atoms with Crippen LogP contribution in [-0.2, 0) is 0 Å². The van der Waals surface area contributed by atoms with Crippen LogP contribution in [0.2, 0.25) is 5.02 Å². The normalized spacial score (nSPS) is 10.2. The first-order valence-electron chi connectivity index (χ1n) is 4.91. The van der Waals surface area contributed by atoms with Gasteiger partial charge in [0.15, 0.2) is 17.3 Å². The van der Waals surface area contributed by atoms with Gasteiger partial charge in [0.2, 0.25) is 0 Å². The van der Waals surface area contributed by atoms with Gasteiger partial charge in [-0.05, 0) is 12.1 Å². The molecule has 0 fully saturated rings. The SMILES string of the molecule is O=C(c1ccccc1)c1ccc(Cl)c(O)c1O. The fourth-order valence-corrected chi connectivity index (χ4v) is 1.64. The van der Waals surface area contributed by atoms with E-state index in [9.17, 15) is 15.0 Å². The van der Waals surface area contributed by atoms with Crippen molar-refractivity contribution in [1.29, 1.82) is 0 Å². The Morgan fingerprint density at radius 3 is 2.24 bits per heavy atom. The summed E-state index contributed by atoms with van der Waals surface area (Å²) in [6, 6.07) is 11.2. The van der Waals surface area contributed by atoms with E-state index in [1.165, 1.54) is 12.1 Å². The van der Waals surface area contributed by atoms with Crippen LogP contribution in [0.3, 0.4) is 0 Å². The van der Waals surface area contributed by atoms with Crippen LogP contribution in [0, 0.1) is 0 Å². The highest BCUT2D eigenvalue weighted by Gasteiger charge is 2.17. The van der Waals surface area contributed by atoms with Crippen molar-refractivity contribution in [1.82, 2.24) is 0 Å². The van der Waals surface area contributed by atoms with Gasteiger partial charge in [-0.1, -0.05) is 41.9 Å². The molecule has 0 unspecified atom stereocenters. The van der Waals surface area contributed by atoms with Gasteiger partial charge in [-0.25, -0.2) is 0 Å². The molecule has 0 aliphatic carbocycles. The zero-order valence-corrected chi connectivity index (χ0v) is 9.48. The van der Waals surface area contributed by atoms with Crippen LogP contribution in [-0.4, -0.2) is 16.0 Å². The summed E-state index contributed by atoms with van der Waals surface area (Å²) in [7, 11) is 0. The summed E-state index contributed by atoms with van der Waals surface area (Å²) in [6.45, 7) is 0. The molecular formula is C13H9ClO3. The predicted molar refractivity (Wildman–Crippen MR) is 64.7 cm³/mol. The lowest BCUT2D eigenvalue weighted by molar-refractivity contribution is 0.103. The van der Waals surface area contributed by atoms with E-state index in [0.717, 1.165) is 0 Å². The monoisotopic (exact) mass is 248 g/mol. The van der Waals surface area contributed by atoms with Gasteiger partial charge >= 0.3 is 0 Å². The fourth-order valence-electron chi connectivity index (χ4n) is 1.48. The second-order valence-electron chi connectivity index (χ2n) is 3.49. The van der Waals surface area contributed by atoms with E-state index in [1.54, 1.807) is 30.3 Å². The number of phenolic OH excluding ortho intramolecular Hbond substituents is 2. The molecule has 0 atom stereocenters. The molecule has 2 aromatic carbocycles. The summed E-state index contributed by atoms with van der Waals surface area (Å²) in [4.78, 5) is 12.0. The molecule has 0 amide bonds. The van der Waals surface area contributed by atoms with Crippen molar-refractivity contribution in [2.24, 2.45) is 0 Å². The van der Waals surface area contributed by atoms with Crippen LogP contribution in [0.25, 0.3) is 0 Å². The second kappa shape index (κ2) is 4.47. The number of benzene rings is 2. The van der Waals surface area contributed by atoms with E-state index in [2.05, 4.69) is 0 Å². The zero-order chi connectivity index (χ0) is 12.4. The number of carbonyl (C=O) groups is 1. The van der Waals surface area contributed by atoms with Gasteiger partial charge in [0, 0.05) is 5.56 Å². The molecule has 2 aromatic rings. The third-order valence-corrected chi connectivity index (χ3v) is 2.69. The van der Waals surface area contributed by atoms with Crippen molar-refractivity contribution >= 4 is 17.4 Å². The quantitative estimate of drug-likeness (QED) is 0.635. The van der Waals surface area contributed by atoms with Gasteiger partial charge in [-0.3, -0.25) is 4.79 Å². The topological polar surface area (TPSA) is 57.5 Å². The molecule has 86 valence electrons. The lowest BCUT2D eigenvalue weighted by Crippen LogP contribution is -2.01. The molecule has 0 saturated heterocycles. The third kappa shape index (κ3) is 2.10. The summed E-state index contributed by atoms with van der Waals surface area (Å²) >= 11 is 5.62. The second-order valence-corrected chi connectivity index (χ2v) is 3.89. The van der Waals surface area contributed by atoms with Crippen LogP contribution >= 0.6 is 11.6 Å². The Morgan fingerprint density at radius 1 is 0.941 bits per heavy atom. The van der Waals surface area contributed by atoms with Gasteiger partial charge in [0.25, 0.3) is 0 Å². The largest absolute Gasteiger partial charge is 0.504 e. The number of aromatic hydroxyl groups is 2. The molecule has 3 nitrogen and oxygen atoms in total. The Bertz CT molecular complexity index is 564. The summed E-state index contributed by atoms with van der Waals surface area (Å²) < 4.78 is 0. The number of rotatable bonds is 2. The van der Waals surface area contributed by atoms with E-state index < -0.39 is 11.5 Å². The van der Waals surface area contributed by atoms with E-state index in [4.69, 9.17) is 11.6 Å². The minimum absolute atomic E-state index is 0.00658. The van der Waals surface area contributed by atoms with E-state index in [0.29, 0.717) is 5.56 Å². The Morgan fingerprint density at radius 2 is 1.59 bits per heavy atom. The molecule has 0 aromatic heterocycles. The highest BCUT2D eigenvalue weighted by atomic mass is 35.5. The van der Waals surface area contributed by atoms with E-state index >= 15 is 0 Å². The van der Waals surface area contributed by atoms with E-state index in [-0.39, 0.29) is 16.4 Å². The lowest BCUT2D eigenvalue weighted by atomic mass is 10.0. The molecule has 17 heavy (non-hydrogen) atoms. The maximum atomic E-state index is 12.0. The van der Waals surface area contributed by atoms with Crippen LogP contribution < -0.4 is 0 Å². The summed E-state index contributed by atoms with van der Waals surface area (Å²) in [5.74, 6) is -1.34.